The van der Waals surface area contributed by atoms with Crippen LogP contribution in [0.15, 0.2) is 22.9 Å². The maximum Gasteiger partial charge on any atom is 0.223 e. The Balaban J connectivity index is 1.54. The zero-order valence-electron chi connectivity index (χ0n) is 10.8. The molecule has 2 aliphatic rings. The van der Waals surface area contributed by atoms with E-state index >= 15 is 0 Å². The van der Waals surface area contributed by atoms with Gasteiger partial charge >= 0.3 is 0 Å². The number of rotatable bonds is 3. The maximum absolute atomic E-state index is 11.7. The van der Waals surface area contributed by atoms with Crippen LogP contribution < -0.4 is 10.2 Å². The van der Waals surface area contributed by atoms with Gasteiger partial charge in [0, 0.05) is 37.4 Å². The SMILES string of the molecule is O=C(NC1CCN(c2ccncc2Br)CC1)C1CC1. The fraction of sp³-hybridized carbons (Fsp3) is 0.571. The zero-order chi connectivity index (χ0) is 13.2. The molecule has 1 amide bonds. The van der Waals surface area contributed by atoms with Gasteiger partial charge in [0.05, 0.1) is 10.2 Å². The first-order chi connectivity index (χ1) is 9.24. The van der Waals surface area contributed by atoms with Crippen LogP contribution in [0.3, 0.4) is 0 Å². The Hall–Kier alpha value is -1.10. The average Bonchev–Trinajstić information content (AvgIpc) is 3.25. The Kier molecular flexibility index (Phi) is 3.73. The van der Waals surface area contributed by atoms with Gasteiger partial charge in [-0.25, -0.2) is 0 Å². The second-order valence-electron chi connectivity index (χ2n) is 5.37. The van der Waals surface area contributed by atoms with Crippen LogP contribution in [0.1, 0.15) is 25.7 Å². The van der Waals surface area contributed by atoms with Crippen molar-refractivity contribution in [3.8, 4) is 0 Å². The third-order valence-corrected chi connectivity index (χ3v) is 4.49. The predicted molar refractivity (Wildman–Crippen MR) is 78.0 cm³/mol. The van der Waals surface area contributed by atoms with Gasteiger partial charge in [-0.3, -0.25) is 9.78 Å². The fourth-order valence-electron chi connectivity index (χ4n) is 2.55. The average molecular weight is 324 g/mol. The number of aromatic nitrogens is 1. The number of carbonyl (C=O) groups excluding carboxylic acids is 1. The van der Waals surface area contributed by atoms with Crippen molar-refractivity contribution in [2.24, 2.45) is 5.92 Å². The summed E-state index contributed by atoms with van der Waals surface area (Å²) in [5.74, 6) is 0.580. The number of hydrogen-bond donors (Lipinski definition) is 1. The number of piperidine rings is 1. The summed E-state index contributed by atoms with van der Waals surface area (Å²) in [6, 6.07) is 2.39. The first kappa shape index (κ1) is 12.9. The van der Waals surface area contributed by atoms with Gasteiger partial charge in [-0.2, -0.15) is 0 Å². The number of amides is 1. The molecule has 1 aromatic rings. The molecule has 3 rings (SSSR count). The molecule has 2 fully saturated rings. The van der Waals surface area contributed by atoms with Crippen LogP contribution in [0.5, 0.6) is 0 Å². The van der Waals surface area contributed by atoms with Gasteiger partial charge in [-0.15, -0.1) is 0 Å². The van der Waals surface area contributed by atoms with E-state index in [-0.39, 0.29) is 5.91 Å². The van der Waals surface area contributed by atoms with Gasteiger partial charge in [-0.1, -0.05) is 0 Å². The summed E-state index contributed by atoms with van der Waals surface area (Å²) in [6.07, 6.45) is 7.85. The molecular formula is C14H18BrN3O. The maximum atomic E-state index is 11.7. The lowest BCUT2D eigenvalue weighted by molar-refractivity contribution is -0.123. The molecule has 2 heterocycles. The summed E-state index contributed by atoms with van der Waals surface area (Å²) in [7, 11) is 0. The molecular weight excluding hydrogens is 306 g/mol. The summed E-state index contributed by atoms with van der Waals surface area (Å²) in [5, 5.41) is 3.18. The number of anilines is 1. The lowest BCUT2D eigenvalue weighted by Gasteiger charge is -2.34. The summed E-state index contributed by atoms with van der Waals surface area (Å²) < 4.78 is 1.04. The van der Waals surface area contributed by atoms with Crippen LogP contribution >= 0.6 is 15.9 Å². The van der Waals surface area contributed by atoms with Crippen LogP contribution in [0.25, 0.3) is 0 Å². The number of halogens is 1. The number of nitrogens with zero attached hydrogens (tertiary/aromatic N) is 2. The van der Waals surface area contributed by atoms with E-state index in [0.29, 0.717) is 12.0 Å². The van der Waals surface area contributed by atoms with E-state index in [0.717, 1.165) is 43.2 Å². The summed E-state index contributed by atoms with van der Waals surface area (Å²) in [6.45, 7) is 1.97. The number of hydrogen-bond acceptors (Lipinski definition) is 3. The summed E-state index contributed by atoms with van der Waals surface area (Å²) in [5.41, 5.74) is 1.20. The van der Waals surface area contributed by atoms with Crippen molar-refractivity contribution < 1.29 is 4.79 Å². The smallest absolute Gasteiger partial charge is 0.223 e. The normalized spacial score (nSPS) is 20.4. The molecule has 1 N–H and O–H groups in total. The highest BCUT2D eigenvalue weighted by Crippen LogP contribution is 2.30. The Labute approximate surface area is 121 Å². The van der Waals surface area contributed by atoms with Gasteiger partial charge in [0.2, 0.25) is 5.91 Å². The van der Waals surface area contributed by atoms with E-state index in [2.05, 4.69) is 31.1 Å². The molecule has 0 bridgehead atoms. The van der Waals surface area contributed by atoms with Gasteiger partial charge in [0.25, 0.3) is 0 Å². The second-order valence-corrected chi connectivity index (χ2v) is 6.23. The standard InChI is InChI=1S/C14H18BrN3O/c15-12-9-16-6-3-13(12)18-7-4-11(5-8-18)17-14(19)10-1-2-10/h3,6,9-11H,1-2,4-5,7-8H2,(H,17,19). The Bertz CT molecular complexity index is 468. The topological polar surface area (TPSA) is 45.2 Å². The Morgan fingerprint density at radius 1 is 1.32 bits per heavy atom. The number of carbonyl (C=O) groups is 1. The molecule has 1 aliphatic heterocycles. The van der Waals surface area contributed by atoms with Crippen LogP contribution in [-0.2, 0) is 4.79 Å². The quantitative estimate of drug-likeness (QED) is 0.928. The second kappa shape index (κ2) is 5.49. The molecule has 4 nitrogen and oxygen atoms in total. The van der Waals surface area contributed by atoms with Crippen LogP contribution in [0.4, 0.5) is 5.69 Å². The van der Waals surface area contributed by atoms with E-state index in [1.165, 1.54) is 5.69 Å². The zero-order valence-corrected chi connectivity index (χ0v) is 12.4. The number of pyridine rings is 1. The first-order valence-electron chi connectivity index (χ1n) is 6.89. The van der Waals surface area contributed by atoms with Crippen LogP contribution in [0, 0.1) is 5.92 Å². The Morgan fingerprint density at radius 2 is 2.05 bits per heavy atom. The van der Waals surface area contributed by atoms with Crippen molar-refractivity contribution in [2.75, 3.05) is 18.0 Å². The van der Waals surface area contributed by atoms with E-state index in [1.807, 2.05) is 18.5 Å². The van der Waals surface area contributed by atoms with E-state index in [4.69, 9.17) is 0 Å². The van der Waals surface area contributed by atoms with Crippen molar-refractivity contribution in [3.63, 3.8) is 0 Å². The minimum absolute atomic E-state index is 0.267. The molecule has 0 atom stereocenters. The van der Waals surface area contributed by atoms with E-state index < -0.39 is 0 Å². The molecule has 1 saturated heterocycles. The summed E-state index contributed by atoms with van der Waals surface area (Å²) in [4.78, 5) is 18.2. The minimum atomic E-state index is 0.267. The molecule has 1 aromatic heterocycles. The van der Waals surface area contributed by atoms with Gasteiger partial charge in [-0.05, 0) is 47.7 Å². The third-order valence-electron chi connectivity index (χ3n) is 3.88. The molecule has 0 spiro atoms. The van der Waals surface area contributed by atoms with Crippen LogP contribution in [-0.4, -0.2) is 30.0 Å². The fourth-order valence-corrected chi connectivity index (χ4v) is 3.05. The van der Waals surface area contributed by atoms with Crippen molar-refractivity contribution in [2.45, 2.75) is 31.7 Å². The Morgan fingerprint density at radius 3 is 2.68 bits per heavy atom. The molecule has 1 aliphatic carbocycles. The van der Waals surface area contributed by atoms with E-state index in [9.17, 15) is 4.79 Å². The van der Waals surface area contributed by atoms with E-state index in [1.54, 1.807) is 0 Å². The molecule has 0 unspecified atom stereocenters. The first-order valence-corrected chi connectivity index (χ1v) is 7.68. The number of nitrogens with one attached hydrogen (secondary N) is 1. The van der Waals surface area contributed by atoms with Gasteiger partial charge < -0.3 is 10.2 Å². The monoisotopic (exact) mass is 323 g/mol. The largest absolute Gasteiger partial charge is 0.370 e. The molecule has 0 radical (unpaired) electrons. The molecule has 102 valence electrons. The van der Waals surface area contributed by atoms with Crippen molar-refractivity contribution >= 4 is 27.5 Å². The van der Waals surface area contributed by atoms with Crippen molar-refractivity contribution in [1.82, 2.24) is 10.3 Å². The highest BCUT2D eigenvalue weighted by molar-refractivity contribution is 9.10. The highest BCUT2D eigenvalue weighted by atomic mass is 79.9. The molecule has 19 heavy (non-hydrogen) atoms. The van der Waals surface area contributed by atoms with Crippen LogP contribution in [0.2, 0.25) is 0 Å². The third kappa shape index (κ3) is 3.08. The molecule has 5 heteroatoms. The van der Waals surface area contributed by atoms with Gasteiger partial charge in [0.15, 0.2) is 0 Å². The predicted octanol–water partition coefficient (Wildman–Crippen LogP) is 2.34. The molecule has 0 aromatic carbocycles. The van der Waals surface area contributed by atoms with Crippen molar-refractivity contribution in [3.05, 3.63) is 22.9 Å². The van der Waals surface area contributed by atoms with Gasteiger partial charge in [0.1, 0.15) is 0 Å². The highest BCUT2D eigenvalue weighted by Gasteiger charge is 2.31. The van der Waals surface area contributed by atoms with Crippen molar-refractivity contribution in [1.29, 1.82) is 0 Å². The lowest BCUT2D eigenvalue weighted by Crippen LogP contribution is -2.45. The lowest BCUT2D eigenvalue weighted by atomic mass is 10.0. The minimum Gasteiger partial charge on any atom is -0.370 e. The summed E-state index contributed by atoms with van der Waals surface area (Å²) >= 11 is 3.54. The molecule has 1 saturated carbocycles.